The molecule has 164 valence electrons. The molecule has 0 atom stereocenters. The molecule has 0 aliphatic heterocycles. The van der Waals surface area contributed by atoms with E-state index in [-0.39, 0.29) is 5.82 Å². The van der Waals surface area contributed by atoms with E-state index in [0.29, 0.717) is 24.6 Å². The lowest BCUT2D eigenvalue weighted by molar-refractivity contribution is 0.0585. The summed E-state index contributed by atoms with van der Waals surface area (Å²) in [5.74, 6) is 1.43. The van der Waals surface area contributed by atoms with Crippen molar-refractivity contribution in [1.29, 1.82) is 0 Å². The Bertz CT molecular complexity index is 1160. The minimum Gasteiger partial charge on any atom is -0.497 e. The maximum absolute atomic E-state index is 12.2. The van der Waals surface area contributed by atoms with E-state index in [4.69, 9.17) is 14.2 Å². The number of esters is 1. The fraction of sp³-hybridized carbons (Fsp3) is 0.217. The van der Waals surface area contributed by atoms with Crippen molar-refractivity contribution in [2.24, 2.45) is 0 Å². The zero-order valence-electron chi connectivity index (χ0n) is 18.1. The van der Waals surface area contributed by atoms with Crippen molar-refractivity contribution >= 4 is 17.4 Å². The molecule has 4 rings (SSSR count). The number of carbonyl (C=O) groups is 1. The van der Waals surface area contributed by atoms with E-state index in [1.165, 1.54) is 11.6 Å². The van der Waals surface area contributed by atoms with Crippen LogP contribution in [0.5, 0.6) is 11.5 Å². The molecule has 0 saturated carbocycles. The number of hydrogen-bond acceptors (Lipinski definition) is 8. The van der Waals surface area contributed by atoms with Gasteiger partial charge in [-0.1, -0.05) is 24.3 Å². The quantitative estimate of drug-likeness (QED) is 0.392. The molecule has 0 amide bonds. The summed E-state index contributed by atoms with van der Waals surface area (Å²) in [4.78, 5) is 23.1. The fourth-order valence-corrected chi connectivity index (χ4v) is 3.31. The number of benzene rings is 2. The van der Waals surface area contributed by atoms with Crippen LogP contribution in [-0.2, 0) is 17.8 Å². The van der Waals surface area contributed by atoms with E-state index >= 15 is 0 Å². The Morgan fingerprint density at radius 1 is 0.906 bits per heavy atom. The average molecular weight is 433 g/mol. The van der Waals surface area contributed by atoms with Gasteiger partial charge < -0.3 is 19.1 Å². The van der Waals surface area contributed by atoms with Gasteiger partial charge >= 0.3 is 5.97 Å². The summed E-state index contributed by atoms with van der Waals surface area (Å²) in [7, 11) is 4.57. The van der Waals surface area contributed by atoms with Crippen molar-refractivity contribution < 1.29 is 19.0 Å². The Kier molecular flexibility index (Phi) is 6.16. The third-order valence-electron chi connectivity index (χ3n) is 4.97. The van der Waals surface area contributed by atoms with E-state index in [2.05, 4.69) is 15.1 Å². The molecule has 0 radical (unpaired) electrons. The van der Waals surface area contributed by atoms with Gasteiger partial charge in [0.05, 0.1) is 21.3 Å². The van der Waals surface area contributed by atoms with Crippen LogP contribution in [-0.4, -0.2) is 46.9 Å². The number of aromatic nitrogens is 4. The van der Waals surface area contributed by atoms with E-state index < -0.39 is 5.97 Å². The van der Waals surface area contributed by atoms with Crippen LogP contribution in [0.25, 0.3) is 5.65 Å². The standard InChI is InChI=1S/C23H23N5O4/c1-30-18-8-4-16(5-9-18)14-27(15-17-6-10-19(31-2)11-7-17)22-21-24-12-13-28(21)26-20(25-22)23(29)32-3/h4-13H,14-15H2,1-3H3. The second-order valence-electron chi connectivity index (χ2n) is 7.00. The van der Waals surface area contributed by atoms with E-state index in [0.717, 1.165) is 22.6 Å². The third kappa shape index (κ3) is 4.46. The van der Waals surface area contributed by atoms with E-state index in [1.54, 1.807) is 26.6 Å². The number of ether oxygens (including phenoxy) is 3. The summed E-state index contributed by atoms with van der Waals surface area (Å²) in [6.45, 7) is 1.05. The van der Waals surface area contributed by atoms with Gasteiger partial charge in [0, 0.05) is 25.5 Å². The molecule has 2 heterocycles. The van der Waals surface area contributed by atoms with Gasteiger partial charge in [0.1, 0.15) is 11.5 Å². The van der Waals surface area contributed by atoms with Crippen LogP contribution in [0.3, 0.4) is 0 Å². The van der Waals surface area contributed by atoms with Gasteiger partial charge in [-0.3, -0.25) is 0 Å². The summed E-state index contributed by atoms with van der Waals surface area (Å²) in [6.07, 6.45) is 3.29. The fourth-order valence-electron chi connectivity index (χ4n) is 3.31. The van der Waals surface area contributed by atoms with Crippen molar-refractivity contribution in [3.05, 3.63) is 77.9 Å². The van der Waals surface area contributed by atoms with Crippen LogP contribution in [0.1, 0.15) is 21.7 Å². The highest BCUT2D eigenvalue weighted by Crippen LogP contribution is 2.24. The first-order chi connectivity index (χ1) is 15.6. The summed E-state index contributed by atoms with van der Waals surface area (Å²) in [5.41, 5.74) is 2.63. The van der Waals surface area contributed by atoms with Crippen molar-refractivity contribution in [2.75, 3.05) is 26.2 Å². The Morgan fingerprint density at radius 2 is 1.47 bits per heavy atom. The van der Waals surface area contributed by atoms with Gasteiger partial charge in [-0.05, 0) is 35.4 Å². The number of fused-ring (bicyclic) bond motifs is 1. The first-order valence-electron chi connectivity index (χ1n) is 9.91. The van der Waals surface area contributed by atoms with Gasteiger partial charge in [0.2, 0.25) is 0 Å². The topological polar surface area (TPSA) is 91.1 Å². The Morgan fingerprint density at radius 3 is 1.97 bits per heavy atom. The first kappa shape index (κ1) is 21.1. The molecule has 0 aliphatic carbocycles. The van der Waals surface area contributed by atoms with Crippen molar-refractivity contribution in [3.63, 3.8) is 0 Å². The van der Waals surface area contributed by atoms with Crippen LogP contribution in [0.15, 0.2) is 60.9 Å². The minimum absolute atomic E-state index is 0.0394. The Labute approximate surface area is 185 Å². The molecule has 0 fully saturated rings. The van der Waals surface area contributed by atoms with Crippen molar-refractivity contribution in [1.82, 2.24) is 19.6 Å². The highest BCUT2D eigenvalue weighted by Gasteiger charge is 2.20. The van der Waals surface area contributed by atoms with Crippen LogP contribution in [0.4, 0.5) is 5.82 Å². The SMILES string of the molecule is COC(=O)c1nc(N(Cc2ccc(OC)cc2)Cc2ccc(OC)cc2)c2nccn2n1. The molecule has 0 N–H and O–H groups in total. The molecule has 32 heavy (non-hydrogen) atoms. The minimum atomic E-state index is -0.615. The number of anilines is 1. The number of rotatable bonds is 8. The molecule has 4 aromatic rings. The largest absolute Gasteiger partial charge is 0.497 e. The van der Waals surface area contributed by atoms with Crippen LogP contribution in [0.2, 0.25) is 0 Å². The monoisotopic (exact) mass is 433 g/mol. The molecular weight excluding hydrogens is 410 g/mol. The van der Waals surface area contributed by atoms with Gasteiger partial charge in [0.25, 0.3) is 5.82 Å². The van der Waals surface area contributed by atoms with Crippen molar-refractivity contribution in [3.8, 4) is 11.5 Å². The maximum Gasteiger partial charge on any atom is 0.377 e. The van der Waals surface area contributed by atoms with Crippen LogP contribution >= 0.6 is 0 Å². The normalized spacial score (nSPS) is 10.7. The lowest BCUT2D eigenvalue weighted by Crippen LogP contribution is -2.26. The molecule has 0 aliphatic rings. The lowest BCUT2D eigenvalue weighted by Gasteiger charge is -2.24. The molecule has 0 saturated heterocycles. The van der Waals surface area contributed by atoms with Gasteiger partial charge in [-0.25, -0.2) is 14.3 Å². The van der Waals surface area contributed by atoms with Crippen molar-refractivity contribution in [2.45, 2.75) is 13.1 Å². The van der Waals surface area contributed by atoms with Crippen LogP contribution in [0, 0.1) is 0 Å². The predicted octanol–water partition coefficient (Wildman–Crippen LogP) is 3.13. The van der Waals surface area contributed by atoms with E-state index in [1.807, 2.05) is 53.4 Å². The van der Waals surface area contributed by atoms with Crippen LogP contribution < -0.4 is 14.4 Å². The number of imidazole rings is 1. The second kappa shape index (κ2) is 9.34. The summed E-state index contributed by atoms with van der Waals surface area (Å²) in [6, 6.07) is 15.6. The predicted molar refractivity (Wildman–Crippen MR) is 118 cm³/mol. The molecule has 0 unspecified atom stereocenters. The first-order valence-corrected chi connectivity index (χ1v) is 9.91. The highest BCUT2D eigenvalue weighted by molar-refractivity contribution is 5.86. The van der Waals surface area contributed by atoms with Gasteiger partial charge in [-0.2, -0.15) is 4.98 Å². The van der Waals surface area contributed by atoms with E-state index in [9.17, 15) is 4.79 Å². The maximum atomic E-state index is 12.2. The molecule has 0 spiro atoms. The highest BCUT2D eigenvalue weighted by atomic mass is 16.5. The summed E-state index contributed by atoms with van der Waals surface area (Å²) < 4.78 is 16.9. The number of nitrogens with zero attached hydrogens (tertiary/aromatic N) is 5. The molecule has 2 aromatic carbocycles. The lowest BCUT2D eigenvalue weighted by atomic mass is 10.1. The zero-order valence-corrected chi connectivity index (χ0v) is 18.1. The zero-order chi connectivity index (χ0) is 22.5. The van der Waals surface area contributed by atoms with Gasteiger partial charge in [-0.15, -0.1) is 5.10 Å². The molecular formula is C23H23N5O4. The number of methoxy groups -OCH3 is 3. The number of carbonyl (C=O) groups excluding carboxylic acids is 1. The summed E-state index contributed by atoms with van der Waals surface area (Å²) in [5, 5.41) is 4.22. The smallest absolute Gasteiger partial charge is 0.377 e. The average Bonchev–Trinajstić information content (AvgIpc) is 3.32. The summed E-state index contributed by atoms with van der Waals surface area (Å²) >= 11 is 0. The molecule has 9 nitrogen and oxygen atoms in total. The number of hydrogen-bond donors (Lipinski definition) is 0. The molecule has 2 aromatic heterocycles. The Hall–Kier alpha value is -4.14. The molecule has 9 heteroatoms. The Balaban J connectivity index is 1.76. The van der Waals surface area contributed by atoms with Gasteiger partial charge in [0.15, 0.2) is 11.5 Å². The third-order valence-corrected chi connectivity index (χ3v) is 4.97. The second-order valence-corrected chi connectivity index (χ2v) is 7.00. The molecule has 0 bridgehead atoms.